The molecule has 3 saturated heterocycles. The van der Waals surface area contributed by atoms with Gasteiger partial charge in [-0.1, -0.05) is 167 Å². The molecule has 4 amide bonds. The highest BCUT2D eigenvalue weighted by Crippen LogP contribution is 2.33. The first-order valence-corrected chi connectivity index (χ1v) is 47.5. The molecule has 3 heterocycles. The van der Waals surface area contributed by atoms with Crippen LogP contribution < -0.4 is 27.0 Å². The number of hydrogen-bond acceptors (Lipinski definition) is 34. The van der Waals surface area contributed by atoms with Crippen molar-refractivity contribution in [3.05, 3.63) is 0 Å². The van der Waals surface area contributed by atoms with E-state index in [1.807, 2.05) is 0 Å². The third kappa shape index (κ3) is 55.5. The predicted octanol–water partition coefficient (Wildman–Crippen LogP) is 9.44. The number of amides is 4. The molecule has 15 atom stereocenters. The summed E-state index contributed by atoms with van der Waals surface area (Å²) in [6.45, 7) is 15.5. The van der Waals surface area contributed by atoms with Crippen molar-refractivity contribution in [3.63, 3.8) is 0 Å². The molecule has 131 heavy (non-hydrogen) atoms. The van der Waals surface area contributed by atoms with Crippen LogP contribution in [-0.4, -0.2) is 272 Å². The van der Waals surface area contributed by atoms with Crippen LogP contribution in [0.15, 0.2) is 0 Å². The molecule has 0 aliphatic carbocycles. The van der Waals surface area contributed by atoms with Crippen molar-refractivity contribution in [2.24, 2.45) is 5.73 Å². The Bertz CT molecular complexity index is 3030. The van der Waals surface area contributed by atoms with Gasteiger partial charge in [0.15, 0.2) is 55.5 Å². The molecule has 0 aromatic rings. The van der Waals surface area contributed by atoms with Crippen LogP contribution in [0.25, 0.3) is 0 Å². The van der Waals surface area contributed by atoms with Gasteiger partial charge < -0.3 is 112 Å². The second-order valence-electron chi connectivity index (χ2n) is 34.3. The van der Waals surface area contributed by atoms with Crippen LogP contribution in [-0.2, 0) is 157 Å². The number of rotatable bonds is 74. The number of nitrogens with two attached hydrogens (primary N) is 1. The van der Waals surface area contributed by atoms with Gasteiger partial charge in [-0.05, 0) is 38.5 Å². The van der Waals surface area contributed by atoms with E-state index in [1.165, 1.54) is 83.1 Å². The molecule has 0 saturated carbocycles. The van der Waals surface area contributed by atoms with Gasteiger partial charge in [0.05, 0.1) is 45.2 Å². The van der Waals surface area contributed by atoms with Crippen molar-refractivity contribution in [3.8, 4) is 0 Å². The van der Waals surface area contributed by atoms with E-state index in [2.05, 4.69) is 21.3 Å². The first kappa shape index (κ1) is 117. The zero-order chi connectivity index (χ0) is 96.7. The van der Waals surface area contributed by atoms with Gasteiger partial charge in [-0.25, -0.2) is 0 Å². The van der Waals surface area contributed by atoms with E-state index in [0.717, 1.165) is 186 Å². The summed E-state index contributed by atoms with van der Waals surface area (Å²) in [5.74, 6) is -7.23. The van der Waals surface area contributed by atoms with Crippen LogP contribution in [0, 0.1) is 0 Å². The smallest absolute Gasteiger partial charge is 0.303 e. The quantitative estimate of drug-likeness (QED) is 0.0215. The van der Waals surface area contributed by atoms with Gasteiger partial charge in [0.25, 0.3) is 0 Å². The van der Waals surface area contributed by atoms with E-state index in [4.69, 9.17) is 91.0 Å². The Morgan fingerprint density at radius 1 is 0.267 bits per heavy atom. The van der Waals surface area contributed by atoms with E-state index >= 15 is 0 Å². The summed E-state index contributed by atoms with van der Waals surface area (Å²) in [6, 6.07) is -3.06. The largest absolute Gasteiger partial charge is 0.463 e. The van der Waals surface area contributed by atoms with Crippen LogP contribution >= 0.6 is 0 Å². The maximum atomic E-state index is 13.0. The predicted molar refractivity (Wildman–Crippen MR) is 473 cm³/mol. The number of ketones is 2. The molecule has 38 nitrogen and oxygen atoms in total. The third-order valence-corrected chi connectivity index (χ3v) is 21.8. The lowest BCUT2D eigenvalue weighted by Crippen LogP contribution is -2.66. The zero-order valence-corrected chi connectivity index (χ0v) is 80.1. The van der Waals surface area contributed by atoms with Crippen LogP contribution in [0.1, 0.15) is 321 Å². The van der Waals surface area contributed by atoms with E-state index < -0.39 is 169 Å². The van der Waals surface area contributed by atoms with Crippen molar-refractivity contribution >= 4 is 88.9 Å². The topological polar surface area (TPSA) is 496 Å². The molecule has 15 unspecified atom stereocenters. The molecule has 6 N–H and O–H groups in total. The van der Waals surface area contributed by atoms with Gasteiger partial charge in [-0.3, -0.25) is 71.9 Å². The molecule has 752 valence electrons. The maximum Gasteiger partial charge on any atom is 0.303 e. The molecule has 3 aliphatic heterocycles. The van der Waals surface area contributed by atoms with Crippen molar-refractivity contribution < 1.29 is 157 Å². The van der Waals surface area contributed by atoms with E-state index in [1.54, 1.807) is 0 Å². The highest BCUT2D eigenvalue weighted by atomic mass is 16.7. The average Bonchev–Trinajstić information content (AvgIpc) is 0.796. The summed E-state index contributed by atoms with van der Waals surface area (Å²) in [5, 5.41) is 11.1. The molecular formula is C93H157N5O33. The number of carbonyl (C=O) groups is 15. The number of esters is 9. The summed E-state index contributed by atoms with van der Waals surface area (Å²) in [5.41, 5.74) is 5.74. The van der Waals surface area contributed by atoms with Crippen molar-refractivity contribution in [2.45, 2.75) is 418 Å². The number of hydrogen-bond donors (Lipinski definition) is 5. The zero-order valence-electron chi connectivity index (χ0n) is 80.1. The number of nitrogens with one attached hydrogen (secondary N) is 4. The lowest BCUT2D eigenvalue weighted by Gasteiger charge is -2.44. The lowest BCUT2D eigenvalue weighted by atomic mass is 9.96. The van der Waals surface area contributed by atoms with E-state index in [9.17, 15) is 71.9 Å². The maximum absolute atomic E-state index is 13.0. The van der Waals surface area contributed by atoms with Crippen molar-refractivity contribution in [2.75, 3.05) is 85.8 Å². The Balaban J connectivity index is 1.37. The standard InChI is InChI=1S/C93H157N5O33/c1-63(99)96-81-87(126-72(10)108)84(123-69(7)105)77(57-120-66(4)102)129-90(81)117-51-42-36-30-24-18-13-15-21-27-33-39-45-75(111)47-54-114-60-93(94,61-115-55-48-76(112)46-40-34-28-22-16-14-19-25-31-37-43-52-118-91-82(97-64(2)100)88(127-73(11)109)85(124-70(8)106)78(130-91)58-121-67(5)103)62-116-56-49-80(113)95-50-41-35-29-23-17-20-26-32-38-44-53-119-92-83(98-65(3)101)89(128-74(12)110)86(125-71(9)107)79(131-92)59-122-68(6)104/h77-79,81-92H,13-62,94H2,1-12H3,(H,95,113)(H,96,99)(H,97,100)(H,98,101). The molecule has 0 aromatic carbocycles. The highest BCUT2D eigenvalue weighted by molar-refractivity contribution is 5.79. The monoisotopic (exact) mass is 1870 g/mol. The molecule has 3 rings (SSSR count). The molecule has 0 aromatic heterocycles. The fourth-order valence-corrected chi connectivity index (χ4v) is 15.6. The molecule has 0 spiro atoms. The van der Waals surface area contributed by atoms with Gasteiger partial charge in [0.2, 0.25) is 23.6 Å². The summed E-state index contributed by atoms with van der Waals surface area (Å²) >= 11 is 0. The summed E-state index contributed by atoms with van der Waals surface area (Å²) < 4.78 is 103. The normalized spacial score (nSPS) is 22.2. The summed E-state index contributed by atoms with van der Waals surface area (Å²) in [6.07, 6.45) is 18.6. The molecule has 0 radical (unpaired) electrons. The average molecular weight is 1870 g/mol. The number of unbranched alkanes of at least 4 members (excludes halogenated alkanes) is 29. The van der Waals surface area contributed by atoms with Crippen molar-refractivity contribution in [1.29, 1.82) is 0 Å². The number of carbonyl (C=O) groups excluding carboxylic acids is 15. The minimum atomic E-state index is -1.20. The molecule has 0 bridgehead atoms. The van der Waals surface area contributed by atoms with Crippen LogP contribution in [0.4, 0.5) is 0 Å². The number of ether oxygens (including phenoxy) is 18. The van der Waals surface area contributed by atoms with Gasteiger partial charge in [-0.15, -0.1) is 0 Å². The Hall–Kier alpha value is -7.95. The van der Waals surface area contributed by atoms with Gasteiger partial charge >= 0.3 is 53.7 Å². The Morgan fingerprint density at radius 2 is 0.496 bits per heavy atom. The minimum Gasteiger partial charge on any atom is -0.463 e. The Kier molecular flexibility index (Phi) is 62.5. The SMILES string of the molecule is CC(=O)NC1C(OCCCCCCCCCCCCCC(=O)CCOCC(N)(COCCC(=O)CCCCCCCCCCCCCOC2OC(COC(C)=O)C(OC(C)=O)C(OC(C)=O)C2NC(C)=O)COCCC(=O)NCCCCCCCCCCCCOC2OC(COC(C)=O)C(OC(C)=O)C(OC(C)=O)C2NC(C)=O)OC(COC(C)=O)C(OC(C)=O)C1OC(C)=O. The van der Waals surface area contributed by atoms with Crippen LogP contribution in [0.5, 0.6) is 0 Å². The molecule has 38 heteroatoms. The van der Waals surface area contributed by atoms with Gasteiger partial charge in [0.1, 0.15) is 67.8 Å². The Morgan fingerprint density at radius 3 is 0.740 bits per heavy atom. The second kappa shape index (κ2) is 69.8. The van der Waals surface area contributed by atoms with Crippen molar-refractivity contribution in [1.82, 2.24) is 21.3 Å². The van der Waals surface area contributed by atoms with E-state index in [0.29, 0.717) is 38.6 Å². The number of Topliss-reactive ketones (excluding diaryl/α,β-unsaturated/α-hetero) is 2. The van der Waals surface area contributed by atoms with Crippen LogP contribution in [0.2, 0.25) is 0 Å². The first-order chi connectivity index (χ1) is 62.6. The van der Waals surface area contributed by atoms with Crippen LogP contribution in [0.3, 0.4) is 0 Å². The summed E-state index contributed by atoms with van der Waals surface area (Å²) in [4.78, 5) is 184. The highest BCUT2D eigenvalue weighted by Gasteiger charge is 2.54. The molecule has 3 aliphatic rings. The lowest BCUT2D eigenvalue weighted by molar-refractivity contribution is -0.277. The van der Waals surface area contributed by atoms with E-state index in [-0.39, 0.29) is 116 Å². The third-order valence-electron chi connectivity index (χ3n) is 21.8. The summed E-state index contributed by atoms with van der Waals surface area (Å²) in [7, 11) is 0. The Labute approximate surface area is 773 Å². The van der Waals surface area contributed by atoms with Gasteiger partial charge in [0, 0.05) is 142 Å². The minimum absolute atomic E-state index is 0.00675. The first-order valence-electron chi connectivity index (χ1n) is 47.5. The fraction of sp³-hybridized carbons (Fsp3) is 0.839. The van der Waals surface area contributed by atoms with Gasteiger partial charge in [-0.2, -0.15) is 0 Å². The second-order valence-corrected chi connectivity index (χ2v) is 34.3. The fourth-order valence-electron chi connectivity index (χ4n) is 15.6. The molecular weight excluding hydrogens is 1720 g/mol. The molecule has 3 fully saturated rings.